The molecule has 0 spiro atoms. The maximum Gasteiger partial charge on any atom is 0.272 e. The lowest BCUT2D eigenvalue weighted by Crippen LogP contribution is -2.15. The van der Waals surface area contributed by atoms with E-state index in [1.54, 1.807) is 42.2 Å². The number of aryl methyl sites for hydroxylation is 1. The number of hydrogen-bond donors (Lipinski definition) is 2. The molecule has 0 aromatic carbocycles. The Labute approximate surface area is 107 Å². The van der Waals surface area contributed by atoms with Gasteiger partial charge in [-0.3, -0.25) is 4.79 Å². The lowest BCUT2D eigenvalue weighted by molar-refractivity contribution is 0.101. The summed E-state index contributed by atoms with van der Waals surface area (Å²) >= 11 is 3.23. The molecule has 0 bridgehead atoms. The predicted molar refractivity (Wildman–Crippen MR) is 69.7 cm³/mol. The quantitative estimate of drug-likeness (QED) is 0.832. The summed E-state index contributed by atoms with van der Waals surface area (Å²) in [4.78, 5) is 15.9. The molecule has 2 aromatic rings. The average Bonchev–Trinajstić information content (AvgIpc) is 2.61. The zero-order valence-electron chi connectivity index (χ0n) is 9.14. The van der Waals surface area contributed by atoms with Crippen molar-refractivity contribution in [3.63, 3.8) is 0 Å². The van der Waals surface area contributed by atoms with Gasteiger partial charge in [0.15, 0.2) is 0 Å². The van der Waals surface area contributed by atoms with Gasteiger partial charge in [0.25, 0.3) is 5.91 Å². The van der Waals surface area contributed by atoms with E-state index < -0.39 is 0 Å². The van der Waals surface area contributed by atoms with Crippen LogP contribution in [0.4, 0.5) is 11.4 Å². The fourth-order valence-electron chi connectivity index (χ4n) is 1.46. The molecule has 0 unspecified atom stereocenters. The van der Waals surface area contributed by atoms with E-state index >= 15 is 0 Å². The highest BCUT2D eigenvalue weighted by atomic mass is 79.9. The number of carbonyl (C=O) groups excluding carboxylic acids is 1. The predicted octanol–water partition coefficient (Wildman–Crippen LogP) is 2.02. The largest absolute Gasteiger partial charge is 0.397 e. The number of hydrogen-bond acceptors (Lipinski definition) is 3. The minimum Gasteiger partial charge on any atom is -0.397 e. The van der Waals surface area contributed by atoms with E-state index in [4.69, 9.17) is 5.73 Å². The van der Waals surface area contributed by atoms with E-state index in [2.05, 4.69) is 26.2 Å². The number of nitrogen functional groups attached to an aromatic ring is 1. The third-order valence-electron chi connectivity index (χ3n) is 2.24. The molecule has 0 aliphatic rings. The molecular formula is C11H11BrN4O. The molecule has 1 amide bonds. The third kappa shape index (κ3) is 2.65. The van der Waals surface area contributed by atoms with E-state index in [1.165, 1.54) is 0 Å². The molecule has 5 nitrogen and oxygen atoms in total. The molecule has 88 valence electrons. The molecule has 0 aliphatic carbocycles. The van der Waals surface area contributed by atoms with Crippen LogP contribution in [-0.4, -0.2) is 15.5 Å². The number of nitrogens with one attached hydrogen (secondary N) is 1. The molecule has 0 radical (unpaired) electrons. The Bertz CT molecular complexity index is 547. The Morgan fingerprint density at radius 2 is 2.29 bits per heavy atom. The Morgan fingerprint density at radius 3 is 2.82 bits per heavy atom. The summed E-state index contributed by atoms with van der Waals surface area (Å²) in [6.07, 6.45) is 3.27. The fourth-order valence-corrected chi connectivity index (χ4v) is 1.70. The van der Waals surface area contributed by atoms with Crippen molar-refractivity contribution in [2.24, 2.45) is 7.05 Å². The van der Waals surface area contributed by atoms with Crippen molar-refractivity contribution < 1.29 is 4.79 Å². The van der Waals surface area contributed by atoms with Crippen LogP contribution in [0.25, 0.3) is 0 Å². The Balaban J connectivity index is 2.17. The van der Waals surface area contributed by atoms with Crippen LogP contribution in [0.5, 0.6) is 0 Å². The second kappa shape index (κ2) is 4.58. The summed E-state index contributed by atoms with van der Waals surface area (Å²) in [7, 11) is 1.77. The number of halogens is 1. The summed E-state index contributed by atoms with van der Waals surface area (Å²) < 4.78 is 2.40. The molecule has 0 fully saturated rings. The first kappa shape index (κ1) is 11.7. The molecule has 0 atom stereocenters. The maximum absolute atomic E-state index is 11.9. The van der Waals surface area contributed by atoms with Crippen molar-refractivity contribution >= 4 is 33.2 Å². The summed E-state index contributed by atoms with van der Waals surface area (Å²) in [5.41, 5.74) is 7.31. The lowest BCUT2D eigenvalue weighted by Gasteiger charge is -2.05. The van der Waals surface area contributed by atoms with E-state index in [-0.39, 0.29) is 5.91 Å². The van der Waals surface area contributed by atoms with Gasteiger partial charge < -0.3 is 15.6 Å². The molecule has 0 aliphatic heterocycles. The summed E-state index contributed by atoms with van der Waals surface area (Å²) in [5, 5.41) is 2.74. The fraction of sp³-hybridized carbons (Fsp3) is 0.0909. The smallest absolute Gasteiger partial charge is 0.272 e. The normalized spacial score (nSPS) is 10.2. The molecule has 6 heteroatoms. The number of rotatable bonds is 2. The van der Waals surface area contributed by atoms with Gasteiger partial charge in [0, 0.05) is 13.2 Å². The van der Waals surface area contributed by atoms with Crippen LogP contribution in [0.15, 0.2) is 35.2 Å². The first-order valence-electron chi connectivity index (χ1n) is 4.91. The van der Waals surface area contributed by atoms with E-state index in [0.29, 0.717) is 17.1 Å². The van der Waals surface area contributed by atoms with Crippen LogP contribution in [0.3, 0.4) is 0 Å². The SMILES string of the molecule is Cn1cc(N)cc1C(=O)Nc1ccc(Br)nc1. The number of nitrogens with zero attached hydrogens (tertiary/aromatic N) is 2. The molecule has 2 aromatic heterocycles. The van der Waals surface area contributed by atoms with Gasteiger partial charge in [-0.15, -0.1) is 0 Å². The lowest BCUT2D eigenvalue weighted by atomic mass is 10.3. The Kier molecular flexibility index (Phi) is 3.14. The van der Waals surface area contributed by atoms with Gasteiger partial charge in [-0.25, -0.2) is 4.98 Å². The zero-order valence-corrected chi connectivity index (χ0v) is 10.7. The van der Waals surface area contributed by atoms with Gasteiger partial charge in [0.2, 0.25) is 0 Å². The Morgan fingerprint density at radius 1 is 1.53 bits per heavy atom. The van der Waals surface area contributed by atoms with Gasteiger partial charge in [0.05, 0.1) is 17.6 Å². The van der Waals surface area contributed by atoms with Crippen LogP contribution >= 0.6 is 15.9 Å². The number of aromatic nitrogens is 2. The molecule has 0 saturated heterocycles. The van der Waals surface area contributed by atoms with Gasteiger partial charge >= 0.3 is 0 Å². The highest BCUT2D eigenvalue weighted by molar-refractivity contribution is 9.10. The molecule has 0 saturated carbocycles. The number of carbonyl (C=O) groups is 1. The van der Waals surface area contributed by atoms with Crippen LogP contribution in [0.2, 0.25) is 0 Å². The number of nitrogens with two attached hydrogens (primary N) is 1. The van der Waals surface area contributed by atoms with E-state index in [1.807, 2.05) is 0 Å². The zero-order chi connectivity index (χ0) is 12.4. The summed E-state index contributed by atoms with van der Waals surface area (Å²) in [6.45, 7) is 0. The first-order chi connectivity index (χ1) is 8.06. The highest BCUT2D eigenvalue weighted by Gasteiger charge is 2.10. The van der Waals surface area contributed by atoms with E-state index in [9.17, 15) is 4.79 Å². The standard InChI is InChI=1S/C11H11BrN4O/c1-16-6-7(13)4-9(16)11(17)15-8-2-3-10(12)14-5-8/h2-6H,13H2,1H3,(H,15,17). The average molecular weight is 295 g/mol. The summed E-state index contributed by atoms with van der Waals surface area (Å²) in [6, 6.07) is 5.15. The van der Waals surface area contributed by atoms with Gasteiger partial charge in [0.1, 0.15) is 10.3 Å². The third-order valence-corrected chi connectivity index (χ3v) is 2.71. The first-order valence-corrected chi connectivity index (χ1v) is 5.70. The molecule has 17 heavy (non-hydrogen) atoms. The second-order valence-electron chi connectivity index (χ2n) is 3.59. The van der Waals surface area contributed by atoms with Crippen molar-refractivity contribution in [2.45, 2.75) is 0 Å². The topological polar surface area (TPSA) is 72.9 Å². The van der Waals surface area contributed by atoms with Gasteiger partial charge in [-0.05, 0) is 34.1 Å². The van der Waals surface area contributed by atoms with Gasteiger partial charge in [-0.1, -0.05) is 0 Å². The van der Waals surface area contributed by atoms with Crippen molar-refractivity contribution in [2.75, 3.05) is 11.1 Å². The number of pyridine rings is 1. The van der Waals surface area contributed by atoms with Crippen molar-refractivity contribution in [3.05, 3.63) is 40.9 Å². The van der Waals surface area contributed by atoms with Crippen molar-refractivity contribution in [1.29, 1.82) is 0 Å². The number of amides is 1. The minimum absolute atomic E-state index is 0.215. The molecular weight excluding hydrogens is 284 g/mol. The maximum atomic E-state index is 11.9. The van der Waals surface area contributed by atoms with Crippen LogP contribution in [-0.2, 0) is 7.05 Å². The molecule has 2 rings (SSSR count). The minimum atomic E-state index is -0.215. The monoisotopic (exact) mass is 294 g/mol. The summed E-state index contributed by atoms with van der Waals surface area (Å²) in [5.74, 6) is -0.215. The van der Waals surface area contributed by atoms with Crippen LogP contribution in [0.1, 0.15) is 10.5 Å². The molecule has 2 heterocycles. The number of anilines is 2. The Hall–Kier alpha value is -1.82. The van der Waals surface area contributed by atoms with Crippen molar-refractivity contribution in [1.82, 2.24) is 9.55 Å². The van der Waals surface area contributed by atoms with Gasteiger partial charge in [-0.2, -0.15) is 0 Å². The second-order valence-corrected chi connectivity index (χ2v) is 4.41. The van der Waals surface area contributed by atoms with Crippen LogP contribution < -0.4 is 11.1 Å². The van der Waals surface area contributed by atoms with Crippen LogP contribution in [0, 0.1) is 0 Å². The molecule has 3 N–H and O–H groups in total. The van der Waals surface area contributed by atoms with Crippen molar-refractivity contribution in [3.8, 4) is 0 Å². The van der Waals surface area contributed by atoms with E-state index in [0.717, 1.165) is 4.60 Å². The highest BCUT2D eigenvalue weighted by Crippen LogP contribution is 2.13.